The van der Waals surface area contributed by atoms with Crippen molar-refractivity contribution in [3.8, 4) is 0 Å². The smallest absolute Gasteiger partial charge is 0.326 e. The molecule has 0 spiro atoms. The summed E-state index contributed by atoms with van der Waals surface area (Å²) in [5.74, 6) is -0.959. The Kier molecular flexibility index (Phi) is 5.32. The molecule has 0 unspecified atom stereocenters. The summed E-state index contributed by atoms with van der Waals surface area (Å²) < 4.78 is 12.3. The number of amides is 3. The number of aryl methyl sites for hydroxylation is 1. The first kappa shape index (κ1) is 20.4. The molecule has 0 radical (unpaired) electrons. The Bertz CT molecular complexity index is 971. The van der Waals surface area contributed by atoms with E-state index in [2.05, 4.69) is 5.32 Å². The monoisotopic (exact) mass is 401 g/mol. The number of rotatable bonds is 7. The summed E-state index contributed by atoms with van der Waals surface area (Å²) in [4.78, 5) is 49.3. The summed E-state index contributed by atoms with van der Waals surface area (Å²) in [6, 6.07) is 4.71. The summed E-state index contributed by atoms with van der Waals surface area (Å²) in [6.07, 6.45) is 1.58. The second-order valence-electron chi connectivity index (χ2n) is 7.48. The number of imide groups is 1. The fourth-order valence-electron chi connectivity index (χ4n) is 3.25. The van der Waals surface area contributed by atoms with Gasteiger partial charge in [0.2, 0.25) is 5.78 Å². The molecule has 3 rings (SSSR count). The first-order valence-electron chi connectivity index (χ1n) is 9.12. The van der Waals surface area contributed by atoms with E-state index in [-0.39, 0.29) is 5.78 Å². The van der Waals surface area contributed by atoms with Crippen molar-refractivity contribution in [3.05, 3.63) is 47.2 Å². The molecule has 0 aliphatic carbocycles. The number of urea groups is 1. The van der Waals surface area contributed by atoms with E-state index in [0.717, 1.165) is 22.0 Å². The SMILES string of the molecule is Cc1cc(C(=O)COC(=O)CN2C(=O)NC(C)(C)C2=O)c(C)n1Cc1ccco1. The van der Waals surface area contributed by atoms with E-state index < -0.39 is 36.6 Å². The Morgan fingerprint density at radius 3 is 2.55 bits per heavy atom. The molecule has 1 N–H and O–H groups in total. The van der Waals surface area contributed by atoms with Crippen molar-refractivity contribution in [1.29, 1.82) is 0 Å². The molecule has 1 aliphatic heterocycles. The lowest BCUT2D eigenvalue weighted by Crippen LogP contribution is -2.41. The van der Waals surface area contributed by atoms with Gasteiger partial charge in [-0.1, -0.05) is 0 Å². The van der Waals surface area contributed by atoms with Crippen LogP contribution in [-0.2, 0) is 20.9 Å². The van der Waals surface area contributed by atoms with Gasteiger partial charge in [-0.15, -0.1) is 0 Å². The van der Waals surface area contributed by atoms with Crippen LogP contribution in [0.4, 0.5) is 4.79 Å². The highest BCUT2D eigenvalue weighted by atomic mass is 16.5. The quantitative estimate of drug-likeness (QED) is 0.430. The molecule has 2 aromatic heterocycles. The number of aromatic nitrogens is 1. The third-order valence-electron chi connectivity index (χ3n) is 4.86. The van der Waals surface area contributed by atoms with Crippen LogP contribution in [-0.4, -0.2) is 51.8 Å². The molecule has 9 nitrogen and oxygen atoms in total. The fourth-order valence-corrected chi connectivity index (χ4v) is 3.25. The largest absolute Gasteiger partial charge is 0.467 e. The van der Waals surface area contributed by atoms with Gasteiger partial charge in [0.1, 0.15) is 17.8 Å². The standard InChI is InChI=1S/C20H23N3O6/c1-12-8-15(13(2)22(12)9-14-6-5-7-28-14)16(24)11-29-17(25)10-23-18(26)20(3,4)21-19(23)27/h5-8H,9-11H2,1-4H3,(H,21,27). The van der Waals surface area contributed by atoms with Gasteiger partial charge in [0.25, 0.3) is 5.91 Å². The summed E-state index contributed by atoms with van der Waals surface area (Å²) in [7, 11) is 0. The molecule has 0 aromatic carbocycles. The van der Waals surface area contributed by atoms with Crippen LogP contribution in [0.15, 0.2) is 28.9 Å². The Balaban J connectivity index is 1.60. The molecule has 29 heavy (non-hydrogen) atoms. The lowest BCUT2D eigenvalue weighted by molar-refractivity contribution is -0.146. The summed E-state index contributed by atoms with van der Waals surface area (Å²) in [5, 5.41) is 2.48. The number of hydrogen-bond acceptors (Lipinski definition) is 6. The Morgan fingerprint density at radius 2 is 1.97 bits per heavy atom. The number of esters is 1. The first-order chi connectivity index (χ1) is 13.6. The van der Waals surface area contributed by atoms with Crippen LogP contribution in [0.3, 0.4) is 0 Å². The van der Waals surface area contributed by atoms with Crippen molar-refractivity contribution in [1.82, 2.24) is 14.8 Å². The number of furan rings is 1. The predicted octanol–water partition coefficient (Wildman–Crippen LogP) is 1.80. The maximum absolute atomic E-state index is 12.5. The van der Waals surface area contributed by atoms with Gasteiger partial charge in [-0.2, -0.15) is 0 Å². The Morgan fingerprint density at radius 1 is 1.24 bits per heavy atom. The highest BCUT2D eigenvalue weighted by Gasteiger charge is 2.45. The normalized spacial score (nSPS) is 15.5. The highest BCUT2D eigenvalue weighted by Crippen LogP contribution is 2.19. The summed E-state index contributed by atoms with van der Waals surface area (Å²) in [6.45, 7) is 6.23. The van der Waals surface area contributed by atoms with Crippen molar-refractivity contribution in [2.75, 3.05) is 13.2 Å². The number of ketones is 1. The number of carbonyl (C=O) groups excluding carboxylic acids is 4. The number of Topliss-reactive ketones (excluding diaryl/α,β-unsaturated/α-hetero) is 1. The summed E-state index contributed by atoms with van der Waals surface area (Å²) >= 11 is 0. The molecule has 0 bridgehead atoms. The van der Waals surface area contributed by atoms with E-state index in [1.807, 2.05) is 17.6 Å². The third kappa shape index (κ3) is 4.08. The zero-order chi connectivity index (χ0) is 21.3. The van der Waals surface area contributed by atoms with Gasteiger partial charge in [0.15, 0.2) is 6.61 Å². The topological polar surface area (TPSA) is 111 Å². The molecule has 154 valence electrons. The van der Waals surface area contributed by atoms with Crippen LogP contribution >= 0.6 is 0 Å². The molecular weight excluding hydrogens is 378 g/mol. The maximum atomic E-state index is 12.5. The number of hydrogen-bond donors (Lipinski definition) is 1. The van der Waals surface area contributed by atoms with Crippen LogP contribution < -0.4 is 5.32 Å². The van der Waals surface area contributed by atoms with Crippen molar-refractivity contribution in [2.45, 2.75) is 39.8 Å². The van der Waals surface area contributed by atoms with Crippen LogP contribution in [0.2, 0.25) is 0 Å². The zero-order valence-electron chi connectivity index (χ0n) is 16.8. The minimum absolute atomic E-state index is 0.366. The number of carbonyl (C=O) groups is 4. The highest BCUT2D eigenvalue weighted by molar-refractivity contribution is 6.08. The molecule has 1 aliphatic rings. The van der Waals surface area contributed by atoms with Gasteiger partial charge in [-0.05, 0) is 45.9 Å². The Labute approximate surface area is 167 Å². The van der Waals surface area contributed by atoms with Gasteiger partial charge in [-0.3, -0.25) is 19.3 Å². The second kappa shape index (κ2) is 7.57. The average Bonchev–Trinajstić information content (AvgIpc) is 3.31. The molecule has 0 atom stereocenters. The van der Waals surface area contributed by atoms with Crippen LogP contribution in [0.25, 0.3) is 0 Å². The van der Waals surface area contributed by atoms with Crippen molar-refractivity contribution in [2.24, 2.45) is 0 Å². The van der Waals surface area contributed by atoms with E-state index in [1.165, 1.54) is 0 Å². The van der Waals surface area contributed by atoms with Crippen LogP contribution in [0, 0.1) is 13.8 Å². The van der Waals surface area contributed by atoms with E-state index in [9.17, 15) is 19.2 Å². The molecule has 1 saturated heterocycles. The molecular formula is C20H23N3O6. The third-order valence-corrected chi connectivity index (χ3v) is 4.86. The number of nitrogens with zero attached hydrogens (tertiary/aromatic N) is 2. The van der Waals surface area contributed by atoms with Gasteiger partial charge in [0, 0.05) is 17.0 Å². The fraction of sp³-hybridized carbons (Fsp3) is 0.400. The van der Waals surface area contributed by atoms with E-state index >= 15 is 0 Å². The molecule has 0 saturated carbocycles. The number of nitrogens with one attached hydrogen (secondary N) is 1. The van der Waals surface area contributed by atoms with E-state index in [4.69, 9.17) is 9.15 Å². The summed E-state index contributed by atoms with van der Waals surface area (Å²) in [5.41, 5.74) is 0.975. The van der Waals surface area contributed by atoms with Crippen molar-refractivity contribution in [3.63, 3.8) is 0 Å². The molecule has 1 fully saturated rings. The molecule has 3 amide bonds. The second-order valence-corrected chi connectivity index (χ2v) is 7.48. The van der Waals surface area contributed by atoms with Gasteiger partial charge >= 0.3 is 12.0 Å². The van der Waals surface area contributed by atoms with Gasteiger partial charge in [-0.25, -0.2) is 4.79 Å². The van der Waals surface area contributed by atoms with Crippen LogP contribution in [0.1, 0.15) is 41.4 Å². The van der Waals surface area contributed by atoms with E-state index in [0.29, 0.717) is 12.1 Å². The lowest BCUT2D eigenvalue weighted by Gasteiger charge is -2.15. The average molecular weight is 401 g/mol. The zero-order valence-corrected chi connectivity index (χ0v) is 16.8. The minimum Gasteiger partial charge on any atom is -0.467 e. The number of ether oxygens (including phenoxy) is 1. The van der Waals surface area contributed by atoms with E-state index in [1.54, 1.807) is 39.2 Å². The van der Waals surface area contributed by atoms with Crippen molar-refractivity contribution < 1.29 is 28.3 Å². The molecule has 9 heteroatoms. The maximum Gasteiger partial charge on any atom is 0.326 e. The molecule has 2 aromatic rings. The minimum atomic E-state index is -1.07. The lowest BCUT2D eigenvalue weighted by atomic mass is 10.1. The van der Waals surface area contributed by atoms with Gasteiger partial charge < -0.3 is 19.0 Å². The first-order valence-corrected chi connectivity index (χ1v) is 9.12. The van der Waals surface area contributed by atoms with Crippen molar-refractivity contribution >= 4 is 23.7 Å². The predicted molar refractivity (Wildman–Crippen MR) is 101 cm³/mol. The van der Waals surface area contributed by atoms with Gasteiger partial charge in [0.05, 0.1) is 12.8 Å². The van der Waals surface area contributed by atoms with Crippen LogP contribution in [0.5, 0.6) is 0 Å². The Hall–Kier alpha value is -3.36. The molecule has 3 heterocycles.